The Kier molecular flexibility index (Phi) is 4.24. The van der Waals surface area contributed by atoms with E-state index in [1.807, 2.05) is 22.9 Å². The Labute approximate surface area is 133 Å². The molecule has 1 fully saturated rings. The molecule has 0 saturated heterocycles. The van der Waals surface area contributed by atoms with E-state index in [2.05, 4.69) is 38.4 Å². The fourth-order valence-electron chi connectivity index (χ4n) is 3.02. The van der Waals surface area contributed by atoms with E-state index in [-0.39, 0.29) is 0 Å². The first-order valence-electron chi connectivity index (χ1n) is 7.48. The first-order chi connectivity index (χ1) is 10.1. The molecule has 1 heterocycles. The van der Waals surface area contributed by atoms with Gasteiger partial charge in [-0.05, 0) is 69.7 Å². The number of tetrazole rings is 1. The van der Waals surface area contributed by atoms with Gasteiger partial charge in [0, 0.05) is 15.7 Å². The van der Waals surface area contributed by atoms with Gasteiger partial charge >= 0.3 is 0 Å². The van der Waals surface area contributed by atoms with Gasteiger partial charge in [0.05, 0.1) is 6.04 Å². The summed E-state index contributed by atoms with van der Waals surface area (Å²) in [4.78, 5) is 0. The molecule has 0 radical (unpaired) electrons. The zero-order valence-electron chi connectivity index (χ0n) is 12.2. The molecule has 1 aromatic heterocycles. The molecule has 5 nitrogen and oxygen atoms in total. The highest BCUT2D eigenvalue weighted by Gasteiger charge is 2.22. The van der Waals surface area contributed by atoms with E-state index in [0.717, 1.165) is 34.6 Å². The van der Waals surface area contributed by atoms with Gasteiger partial charge in [0.25, 0.3) is 0 Å². The Morgan fingerprint density at radius 1 is 1.24 bits per heavy atom. The number of aromatic nitrogens is 4. The van der Waals surface area contributed by atoms with Crippen molar-refractivity contribution in [1.29, 1.82) is 0 Å². The summed E-state index contributed by atoms with van der Waals surface area (Å²) in [7, 11) is 0. The minimum absolute atomic E-state index is 0.393. The molecule has 6 heteroatoms. The fraction of sp³-hybridized carbons (Fsp3) is 0.533. The highest BCUT2D eigenvalue weighted by molar-refractivity contribution is 9.10. The van der Waals surface area contributed by atoms with Gasteiger partial charge in [-0.1, -0.05) is 19.8 Å². The maximum Gasteiger partial charge on any atom is 0.182 e. The van der Waals surface area contributed by atoms with Gasteiger partial charge in [-0.2, -0.15) is 0 Å². The lowest BCUT2D eigenvalue weighted by Crippen LogP contribution is -2.12. The molecule has 2 unspecified atom stereocenters. The summed E-state index contributed by atoms with van der Waals surface area (Å²) in [5.41, 5.74) is 7.65. The molecule has 1 saturated carbocycles. The number of nitrogens with two attached hydrogens (primary N) is 1. The van der Waals surface area contributed by atoms with Crippen LogP contribution >= 0.6 is 15.9 Å². The predicted molar refractivity (Wildman–Crippen MR) is 86.7 cm³/mol. The van der Waals surface area contributed by atoms with Crippen LogP contribution in [-0.4, -0.2) is 20.2 Å². The van der Waals surface area contributed by atoms with E-state index in [9.17, 15) is 0 Å². The highest BCUT2D eigenvalue weighted by atomic mass is 79.9. The fourth-order valence-corrected chi connectivity index (χ4v) is 3.27. The normalized spacial score (nSPS) is 23.0. The van der Waals surface area contributed by atoms with Crippen LogP contribution < -0.4 is 5.73 Å². The van der Waals surface area contributed by atoms with Crippen LogP contribution in [0.25, 0.3) is 11.4 Å². The lowest BCUT2D eigenvalue weighted by Gasteiger charge is -2.16. The summed E-state index contributed by atoms with van der Waals surface area (Å²) < 4.78 is 2.88. The van der Waals surface area contributed by atoms with Crippen LogP contribution in [0.4, 0.5) is 5.69 Å². The highest BCUT2D eigenvalue weighted by Crippen LogP contribution is 2.33. The summed E-state index contributed by atoms with van der Waals surface area (Å²) in [5, 5.41) is 12.3. The molecule has 0 amide bonds. The monoisotopic (exact) mass is 349 g/mol. The van der Waals surface area contributed by atoms with Gasteiger partial charge in [0.2, 0.25) is 0 Å². The van der Waals surface area contributed by atoms with Crippen molar-refractivity contribution in [3.05, 3.63) is 22.7 Å². The molecule has 112 valence electrons. The standard InChI is InChI=1S/C15H20BrN5/c1-10-3-2-4-12(7-5-10)21-15(18-19-20-21)11-6-8-13(16)14(17)9-11/h6,8-10,12H,2-5,7,17H2,1H3. The van der Waals surface area contributed by atoms with Crippen LogP contribution in [0.1, 0.15) is 45.1 Å². The molecule has 1 aliphatic rings. The Hall–Kier alpha value is -1.43. The smallest absolute Gasteiger partial charge is 0.182 e. The molecule has 0 spiro atoms. The van der Waals surface area contributed by atoms with Crippen LogP contribution in [0, 0.1) is 5.92 Å². The number of halogens is 1. The molecule has 2 N–H and O–H groups in total. The van der Waals surface area contributed by atoms with Gasteiger partial charge in [-0.15, -0.1) is 5.10 Å². The second-order valence-electron chi connectivity index (χ2n) is 5.95. The average molecular weight is 350 g/mol. The van der Waals surface area contributed by atoms with E-state index in [4.69, 9.17) is 5.73 Å². The molecule has 0 aliphatic heterocycles. The van der Waals surface area contributed by atoms with E-state index in [1.54, 1.807) is 0 Å². The first-order valence-corrected chi connectivity index (χ1v) is 8.27. The molecule has 0 bridgehead atoms. The van der Waals surface area contributed by atoms with E-state index in [1.165, 1.54) is 19.3 Å². The maximum absolute atomic E-state index is 5.97. The van der Waals surface area contributed by atoms with E-state index in [0.29, 0.717) is 11.7 Å². The summed E-state index contributed by atoms with van der Waals surface area (Å²) >= 11 is 3.42. The predicted octanol–water partition coefficient (Wildman–Crippen LogP) is 3.83. The van der Waals surface area contributed by atoms with Gasteiger partial charge in [0.1, 0.15) is 0 Å². The average Bonchev–Trinajstić information content (AvgIpc) is 2.85. The van der Waals surface area contributed by atoms with Crippen molar-refractivity contribution >= 4 is 21.6 Å². The Balaban J connectivity index is 1.91. The number of benzene rings is 1. The number of hydrogen-bond acceptors (Lipinski definition) is 4. The van der Waals surface area contributed by atoms with Crippen molar-refractivity contribution in [3.8, 4) is 11.4 Å². The summed E-state index contributed by atoms with van der Waals surface area (Å²) in [6, 6.07) is 6.26. The Morgan fingerprint density at radius 2 is 2.10 bits per heavy atom. The largest absolute Gasteiger partial charge is 0.398 e. The van der Waals surface area contributed by atoms with Crippen molar-refractivity contribution in [2.45, 2.75) is 45.1 Å². The van der Waals surface area contributed by atoms with E-state index < -0.39 is 0 Å². The zero-order chi connectivity index (χ0) is 14.8. The van der Waals surface area contributed by atoms with Crippen molar-refractivity contribution in [1.82, 2.24) is 20.2 Å². The zero-order valence-corrected chi connectivity index (χ0v) is 13.8. The molecular formula is C15H20BrN5. The quantitative estimate of drug-likeness (QED) is 0.660. The van der Waals surface area contributed by atoms with Gasteiger partial charge in [-0.3, -0.25) is 0 Å². The topological polar surface area (TPSA) is 69.6 Å². The lowest BCUT2D eigenvalue weighted by molar-refractivity contribution is 0.394. The third kappa shape index (κ3) is 3.10. The number of rotatable bonds is 2. The Morgan fingerprint density at radius 3 is 2.90 bits per heavy atom. The molecule has 3 rings (SSSR count). The van der Waals surface area contributed by atoms with E-state index >= 15 is 0 Å². The number of nitrogen functional groups attached to an aromatic ring is 1. The van der Waals surface area contributed by atoms with Crippen molar-refractivity contribution in [2.75, 3.05) is 5.73 Å². The number of hydrogen-bond donors (Lipinski definition) is 1. The molecule has 1 aliphatic carbocycles. The molecule has 21 heavy (non-hydrogen) atoms. The SMILES string of the molecule is CC1CCCC(n2nnnc2-c2ccc(Br)c(N)c2)CC1. The maximum atomic E-state index is 5.97. The minimum Gasteiger partial charge on any atom is -0.398 e. The second kappa shape index (κ2) is 6.13. The summed E-state index contributed by atoms with van der Waals surface area (Å²) in [6.45, 7) is 2.33. The van der Waals surface area contributed by atoms with Gasteiger partial charge in [-0.25, -0.2) is 4.68 Å². The Bertz CT molecular complexity index is 624. The van der Waals surface area contributed by atoms with Gasteiger partial charge in [0.15, 0.2) is 5.82 Å². The van der Waals surface area contributed by atoms with Crippen LogP contribution in [0.15, 0.2) is 22.7 Å². The first kappa shape index (κ1) is 14.5. The summed E-state index contributed by atoms with van der Waals surface area (Å²) in [5.74, 6) is 1.62. The van der Waals surface area contributed by atoms with Crippen molar-refractivity contribution in [3.63, 3.8) is 0 Å². The molecule has 2 aromatic rings. The van der Waals surface area contributed by atoms with Crippen LogP contribution in [0.2, 0.25) is 0 Å². The van der Waals surface area contributed by atoms with Gasteiger partial charge < -0.3 is 5.73 Å². The van der Waals surface area contributed by atoms with Crippen LogP contribution in [0.5, 0.6) is 0 Å². The molecule has 2 atom stereocenters. The summed E-state index contributed by atoms with van der Waals surface area (Å²) in [6.07, 6.45) is 6.08. The van der Waals surface area contributed by atoms with Crippen molar-refractivity contribution < 1.29 is 0 Å². The third-order valence-corrected chi connectivity index (χ3v) is 5.04. The number of nitrogens with zero attached hydrogens (tertiary/aromatic N) is 4. The third-order valence-electron chi connectivity index (χ3n) is 4.32. The van der Waals surface area contributed by atoms with Crippen molar-refractivity contribution in [2.24, 2.45) is 5.92 Å². The minimum atomic E-state index is 0.393. The van der Waals surface area contributed by atoms with Crippen LogP contribution in [-0.2, 0) is 0 Å². The second-order valence-corrected chi connectivity index (χ2v) is 6.80. The lowest BCUT2D eigenvalue weighted by atomic mass is 10.0. The molecule has 1 aromatic carbocycles. The molecular weight excluding hydrogens is 330 g/mol. The van der Waals surface area contributed by atoms with Crippen LogP contribution in [0.3, 0.4) is 0 Å². The number of anilines is 1.